The summed E-state index contributed by atoms with van der Waals surface area (Å²) in [5.74, 6) is 1.75. The van der Waals surface area contributed by atoms with Gasteiger partial charge in [0.25, 0.3) is 0 Å². The third-order valence-corrected chi connectivity index (χ3v) is 3.28. The molecule has 3 nitrogen and oxygen atoms in total. The van der Waals surface area contributed by atoms with Crippen molar-refractivity contribution in [1.82, 2.24) is 9.97 Å². The molecule has 3 heteroatoms. The van der Waals surface area contributed by atoms with Crippen molar-refractivity contribution in [3.8, 4) is 0 Å². The van der Waals surface area contributed by atoms with Gasteiger partial charge >= 0.3 is 0 Å². The van der Waals surface area contributed by atoms with Crippen LogP contribution < -0.4 is 5.32 Å². The topological polar surface area (TPSA) is 37.8 Å². The summed E-state index contributed by atoms with van der Waals surface area (Å²) in [4.78, 5) is 9.28. The molecule has 0 saturated heterocycles. The van der Waals surface area contributed by atoms with E-state index in [1.165, 1.54) is 11.1 Å². The molecule has 0 unspecified atom stereocenters. The van der Waals surface area contributed by atoms with Crippen molar-refractivity contribution in [3.63, 3.8) is 0 Å². The summed E-state index contributed by atoms with van der Waals surface area (Å²) in [6.45, 7) is 8.61. The Labute approximate surface area is 121 Å². The molecule has 0 aliphatic rings. The Kier molecular flexibility index (Phi) is 4.07. The Morgan fingerprint density at radius 3 is 2.25 bits per heavy atom. The highest BCUT2D eigenvalue weighted by molar-refractivity contribution is 5.38. The lowest BCUT2D eigenvalue weighted by atomic mass is 9.92. The Balaban J connectivity index is 2.33. The highest BCUT2D eigenvalue weighted by atomic mass is 15.0. The van der Waals surface area contributed by atoms with Gasteiger partial charge in [-0.15, -0.1) is 0 Å². The minimum absolute atomic E-state index is 0.0244. The largest absolute Gasteiger partial charge is 0.373 e. The number of nitrogens with zero attached hydrogens (tertiary/aromatic N) is 2. The lowest BCUT2D eigenvalue weighted by molar-refractivity contribution is 0.563. The second-order valence-electron chi connectivity index (χ2n) is 6.22. The number of nitrogens with one attached hydrogen (secondary N) is 1. The molecule has 0 amide bonds. The molecule has 0 aliphatic carbocycles. The number of hydrogen-bond acceptors (Lipinski definition) is 3. The van der Waals surface area contributed by atoms with Gasteiger partial charge in [-0.25, -0.2) is 9.97 Å². The molecule has 0 atom stereocenters. The SMILES string of the molecule is CNc1cc(C(C)(C)C)nc(Cc2ccc(C)cc2)n1. The maximum absolute atomic E-state index is 4.72. The minimum atomic E-state index is 0.0244. The number of aromatic nitrogens is 2. The second-order valence-corrected chi connectivity index (χ2v) is 6.22. The van der Waals surface area contributed by atoms with Crippen molar-refractivity contribution >= 4 is 5.82 Å². The van der Waals surface area contributed by atoms with Crippen molar-refractivity contribution in [2.24, 2.45) is 0 Å². The highest BCUT2D eigenvalue weighted by Crippen LogP contribution is 2.22. The molecule has 1 aromatic heterocycles. The standard InChI is InChI=1S/C17H23N3/c1-12-6-8-13(9-7-12)10-16-19-14(17(2,3)4)11-15(18-5)20-16/h6-9,11H,10H2,1-5H3,(H,18,19,20). The van der Waals surface area contributed by atoms with Gasteiger partial charge < -0.3 is 5.32 Å². The summed E-state index contributed by atoms with van der Waals surface area (Å²) >= 11 is 0. The summed E-state index contributed by atoms with van der Waals surface area (Å²) in [5.41, 5.74) is 3.60. The van der Waals surface area contributed by atoms with E-state index in [4.69, 9.17) is 4.98 Å². The fourth-order valence-electron chi connectivity index (χ4n) is 1.98. The van der Waals surface area contributed by atoms with Crippen LogP contribution >= 0.6 is 0 Å². The fourth-order valence-corrected chi connectivity index (χ4v) is 1.98. The predicted molar refractivity (Wildman–Crippen MR) is 84.3 cm³/mol. The van der Waals surface area contributed by atoms with Crippen LogP contribution in [0.2, 0.25) is 0 Å². The summed E-state index contributed by atoms with van der Waals surface area (Å²) in [6.07, 6.45) is 0.763. The van der Waals surface area contributed by atoms with Gasteiger partial charge in [0, 0.05) is 24.9 Å². The van der Waals surface area contributed by atoms with Crippen LogP contribution in [0.15, 0.2) is 30.3 Å². The summed E-state index contributed by atoms with van der Waals surface area (Å²) in [6, 6.07) is 10.6. The van der Waals surface area contributed by atoms with Gasteiger partial charge in [0.1, 0.15) is 11.6 Å². The monoisotopic (exact) mass is 269 g/mol. The molecular weight excluding hydrogens is 246 g/mol. The van der Waals surface area contributed by atoms with Crippen molar-refractivity contribution in [2.75, 3.05) is 12.4 Å². The lowest BCUT2D eigenvalue weighted by Gasteiger charge is -2.19. The van der Waals surface area contributed by atoms with Crippen molar-refractivity contribution in [2.45, 2.75) is 39.5 Å². The summed E-state index contributed by atoms with van der Waals surface area (Å²) in [5, 5.41) is 3.12. The first kappa shape index (κ1) is 14.5. The maximum Gasteiger partial charge on any atom is 0.135 e. The zero-order chi connectivity index (χ0) is 14.8. The molecule has 0 bridgehead atoms. The molecule has 1 N–H and O–H groups in total. The molecule has 1 aromatic carbocycles. The first-order valence-electron chi connectivity index (χ1n) is 7.00. The van der Waals surface area contributed by atoms with Gasteiger partial charge in [-0.3, -0.25) is 0 Å². The zero-order valence-electron chi connectivity index (χ0n) is 13.0. The van der Waals surface area contributed by atoms with Crippen molar-refractivity contribution in [1.29, 1.82) is 0 Å². The average molecular weight is 269 g/mol. The van der Waals surface area contributed by atoms with Gasteiger partial charge in [-0.1, -0.05) is 50.6 Å². The van der Waals surface area contributed by atoms with Gasteiger partial charge in [0.2, 0.25) is 0 Å². The van der Waals surface area contributed by atoms with E-state index in [-0.39, 0.29) is 5.41 Å². The Hall–Kier alpha value is -1.90. The van der Waals surface area contributed by atoms with Crippen LogP contribution in [-0.4, -0.2) is 17.0 Å². The second kappa shape index (κ2) is 5.61. The average Bonchev–Trinajstić information content (AvgIpc) is 2.40. The molecule has 0 fully saturated rings. The summed E-state index contributed by atoms with van der Waals surface area (Å²) < 4.78 is 0. The Bertz CT molecular complexity index is 580. The molecule has 2 aromatic rings. The maximum atomic E-state index is 4.72. The first-order valence-corrected chi connectivity index (χ1v) is 7.00. The van der Waals surface area contributed by atoms with Crippen LogP contribution in [-0.2, 0) is 11.8 Å². The number of aryl methyl sites for hydroxylation is 1. The van der Waals surface area contributed by atoms with E-state index >= 15 is 0 Å². The normalized spacial score (nSPS) is 11.4. The zero-order valence-corrected chi connectivity index (χ0v) is 13.0. The molecule has 1 heterocycles. The minimum Gasteiger partial charge on any atom is -0.373 e. The molecule has 0 radical (unpaired) electrons. The van der Waals surface area contributed by atoms with E-state index in [1.54, 1.807) is 0 Å². The van der Waals surface area contributed by atoms with E-state index in [2.05, 4.69) is 62.3 Å². The molecule has 106 valence electrons. The van der Waals surface area contributed by atoms with Gasteiger partial charge in [-0.2, -0.15) is 0 Å². The van der Waals surface area contributed by atoms with E-state index in [0.29, 0.717) is 0 Å². The van der Waals surface area contributed by atoms with Crippen molar-refractivity contribution in [3.05, 3.63) is 53.0 Å². The number of hydrogen-bond donors (Lipinski definition) is 1. The third kappa shape index (κ3) is 3.56. The fraction of sp³-hybridized carbons (Fsp3) is 0.412. The van der Waals surface area contributed by atoms with Gasteiger partial charge in [0.05, 0.1) is 5.69 Å². The lowest BCUT2D eigenvalue weighted by Crippen LogP contribution is -2.16. The number of rotatable bonds is 3. The van der Waals surface area contributed by atoms with Gasteiger partial charge in [0.15, 0.2) is 0 Å². The van der Waals surface area contributed by atoms with Crippen LogP contribution in [0.25, 0.3) is 0 Å². The van der Waals surface area contributed by atoms with Gasteiger partial charge in [-0.05, 0) is 12.5 Å². The number of benzene rings is 1. The van der Waals surface area contributed by atoms with Crippen LogP contribution in [0, 0.1) is 6.92 Å². The third-order valence-electron chi connectivity index (χ3n) is 3.28. The van der Waals surface area contributed by atoms with E-state index in [1.807, 2.05) is 13.1 Å². The molecule has 0 aliphatic heterocycles. The van der Waals surface area contributed by atoms with E-state index < -0.39 is 0 Å². The highest BCUT2D eigenvalue weighted by Gasteiger charge is 2.17. The smallest absolute Gasteiger partial charge is 0.135 e. The van der Waals surface area contributed by atoms with Crippen LogP contribution in [0.3, 0.4) is 0 Å². The number of anilines is 1. The summed E-state index contributed by atoms with van der Waals surface area (Å²) in [7, 11) is 1.89. The first-order chi connectivity index (χ1) is 9.38. The van der Waals surface area contributed by atoms with Crippen LogP contribution in [0.5, 0.6) is 0 Å². The molecule has 0 saturated carbocycles. The Morgan fingerprint density at radius 2 is 1.70 bits per heavy atom. The molecular formula is C17H23N3. The quantitative estimate of drug-likeness (QED) is 0.923. The van der Waals surface area contributed by atoms with Crippen molar-refractivity contribution < 1.29 is 0 Å². The molecule has 2 rings (SSSR count). The van der Waals surface area contributed by atoms with Crippen LogP contribution in [0.4, 0.5) is 5.82 Å². The molecule has 0 spiro atoms. The molecule has 20 heavy (non-hydrogen) atoms. The Morgan fingerprint density at radius 1 is 1.05 bits per heavy atom. The van der Waals surface area contributed by atoms with Crippen LogP contribution in [0.1, 0.15) is 43.4 Å². The van der Waals surface area contributed by atoms with E-state index in [0.717, 1.165) is 23.8 Å². The predicted octanol–water partition coefficient (Wildman–Crippen LogP) is 3.72. The van der Waals surface area contributed by atoms with E-state index in [9.17, 15) is 0 Å².